The lowest BCUT2D eigenvalue weighted by Gasteiger charge is -2.20. The van der Waals surface area contributed by atoms with Crippen LogP contribution in [0.25, 0.3) is 0 Å². The van der Waals surface area contributed by atoms with Crippen LogP contribution >= 0.6 is 23.1 Å². The fourth-order valence-electron chi connectivity index (χ4n) is 2.13. The van der Waals surface area contributed by atoms with Crippen molar-refractivity contribution in [3.63, 3.8) is 0 Å². The highest BCUT2D eigenvalue weighted by atomic mass is 32.2. The van der Waals surface area contributed by atoms with E-state index in [1.807, 2.05) is 48.7 Å². The topological polar surface area (TPSA) is 58.6 Å². The van der Waals surface area contributed by atoms with Gasteiger partial charge >= 0.3 is 0 Å². The van der Waals surface area contributed by atoms with Gasteiger partial charge < -0.3 is 15.0 Å². The number of hydrogen-bond donors (Lipinski definition) is 1. The molecule has 0 atom stereocenters. The number of nitrogens with zero attached hydrogens (tertiary/aromatic N) is 1. The summed E-state index contributed by atoms with van der Waals surface area (Å²) in [5, 5.41) is 4.82. The first kappa shape index (κ1) is 19.3. The third-order valence-electron chi connectivity index (χ3n) is 3.51. The van der Waals surface area contributed by atoms with Gasteiger partial charge in [-0.2, -0.15) is 0 Å². The molecule has 2 aromatic rings. The minimum Gasteiger partial charge on any atom is -0.497 e. The molecule has 1 N–H and O–H groups in total. The Balaban J connectivity index is 1.79. The molecule has 0 aliphatic carbocycles. The Hall–Kier alpha value is -1.99. The van der Waals surface area contributed by atoms with Gasteiger partial charge in [-0.1, -0.05) is 12.1 Å². The smallest absolute Gasteiger partial charge is 0.239 e. The summed E-state index contributed by atoms with van der Waals surface area (Å²) >= 11 is 3.03. The molecule has 0 spiro atoms. The maximum absolute atomic E-state index is 12.4. The first-order valence-corrected chi connectivity index (χ1v) is 9.82. The number of likely N-dealkylation sites (N-methyl/N-ethyl adjacent to an activating group) is 1. The Morgan fingerprint density at radius 3 is 2.80 bits per heavy atom. The number of amides is 2. The van der Waals surface area contributed by atoms with Crippen molar-refractivity contribution in [1.82, 2.24) is 10.2 Å². The third-order valence-corrected chi connectivity index (χ3v) is 5.37. The molecule has 0 unspecified atom stereocenters. The Labute approximate surface area is 156 Å². The standard InChI is InChI=1S/C18H22N2O3S2/c1-3-20(12-17(21)19-11-16-8-5-9-24-16)18(22)13-25-15-7-4-6-14(10-15)23-2/h4-10H,3,11-13H2,1-2H3,(H,19,21). The summed E-state index contributed by atoms with van der Waals surface area (Å²) in [7, 11) is 1.61. The van der Waals surface area contributed by atoms with Gasteiger partial charge in [-0.3, -0.25) is 9.59 Å². The summed E-state index contributed by atoms with van der Waals surface area (Å²) in [4.78, 5) is 28.0. The van der Waals surface area contributed by atoms with Crippen LogP contribution < -0.4 is 10.1 Å². The Morgan fingerprint density at radius 1 is 1.28 bits per heavy atom. The summed E-state index contributed by atoms with van der Waals surface area (Å²) in [5.41, 5.74) is 0. The minimum absolute atomic E-state index is 0.0541. The zero-order valence-corrected chi connectivity index (χ0v) is 16.0. The number of hydrogen-bond acceptors (Lipinski definition) is 5. The third kappa shape index (κ3) is 6.43. The largest absolute Gasteiger partial charge is 0.497 e. The van der Waals surface area contributed by atoms with Crippen LogP contribution in [0.15, 0.2) is 46.7 Å². The molecule has 0 fully saturated rings. The first-order chi connectivity index (χ1) is 12.1. The van der Waals surface area contributed by atoms with E-state index in [1.54, 1.807) is 23.3 Å². The second-order valence-electron chi connectivity index (χ2n) is 5.23. The monoisotopic (exact) mass is 378 g/mol. The summed E-state index contributed by atoms with van der Waals surface area (Å²) in [6.07, 6.45) is 0. The molecule has 1 heterocycles. The Kier molecular flexibility index (Phi) is 7.81. The van der Waals surface area contributed by atoms with Gasteiger partial charge in [0, 0.05) is 16.3 Å². The van der Waals surface area contributed by atoms with E-state index in [2.05, 4.69) is 5.32 Å². The van der Waals surface area contributed by atoms with Crippen molar-refractivity contribution in [2.45, 2.75) is 18.4 Å². The molecule has 0 bridgehead atoms. The summed E-state index contributed by atoms with van der Waals surface area (Å²) < 4.78 is 5.18. The van der Waals surface area contributed by atoms with Crippen LogP contribution in [-0.2, 0) is 16.1 Å². The van der Waals surface area contributed by atoms with Crippen LogP contribution in [0.4, 0.5) is 0 Å². The number of thioether (sulfide) groups is 1. The van der Waals surface area contributed by atoms with E-state index in [0.717, 1.165) is 15.5 Å². The highest BCUT2D eigenvalue weighted by molar-refractivity contribution is 8.00. The number of rotatable bonds is 9. The normalized spacial score (nSPS) is 10.3. The molecule has 2 amide bonds. The predicted molar refractivity (Wildman–Crippen MR) is 102 cm³/mol. The SMILES string of the molecule is CCN(CC(=O)NCc1cccs1)C(=O)CSc1cccc(OC)c1. The van der Waals surface area contributed by atoms with E-state index < -0.39 is 0 Å². The van der Waals surface area contributed by atoms with E-state index in [0.29, 0.717) is 18.8 Å². The molecule has 0 saturated heterocycles. The quantitative estimate of drug-likeness (QED) is 0.682. The van der Waals surface area contributed by atoms with Crippen molar-refractivity contribution in [2.75, 3.05) is 26.0 Å². The summed E-state index contributed by atoms with van der Waals surface area (Å²) in [6, 6.07) is 11.5. The van der Waals surface area contributed by atoms with Gasteiger partial charge in [-0.05, 0) is 36.6 Å². The molecule has 0 saturated carbocycles. The second kappa shape index (κ2) is 10.1. The molecule has 25 heavy (non-hydrogen) atoms. The van der Waals surface area contributed by atoms with E-state index >= 15 is 0 Å². The molecule has 5 nitrogen and oxygen atoms in total. The van der Waals surface area contributed by atoms with Crippen LogP contribution in [0.2, 0.25) is 0 Å². The molecular formula is C18H22N2O3S2. The number of methoxy groups -OCH3 is 1. The number of benzene rings is 1. The van der Waals surface area contributed by atoms with Gasteiger partial charge in [0.05, 0.1) is 26.0 Å². The molecular weight excluding hydrogens is 356 g/mol. The van der Waals surface area contributed by atoms with Crippen LogP contribution in [0.1, 0.15) is 11.8 Å². The fourth-order valence-corrected chi connectivity index (χ4v) is 3.62. The van der Waals surface area contributed by atoms with Crippen molar-refractivity contribution in [2.24, 2.45) is 0 Å². The molecule has 134 valence electrons. The number of carbonyl (C=O) groups excluding carboxylic acids is 2. The van der Waals surface area contributed by atoms with Crippen LogP contribution in [0, 0.1) is 0 Å². The van der Waals surface area contributed by atoms with E-state index in [1.165, 1.54) is 11.8 Å². The lowest BCUT2D eigenvalue weighted by Crippen LogP contribution is -2.41. The zero-order valence-electron chi connectivity index (χ0n) is 14.4. The summed E-state index contributed by atoms with van der Waals surface area (Å²) in [6.45, 7) is 2.96. The molecule has 7 heteroatoms. The molecule has 1 aromatic heterocycles. The Bertz CT molecular complexity index is 689. The highest BCUT2D eigenvalue weighted by Gasteiger charge is 2.16. The average molecular weight is 379 g/mol. The van der Waals surface area contributed by atoms with E-state index in [-0.39, 0.29) is 18.4 Å². The predicted octanol–water partition coefficient (Wildman–Crippen LogP) is 3.01. The number of ether oxygens (including phenoxy) is 1. The van der Waals surface area contributed by atoms with Gasteiger partial charge in [0.15, 0.2) is 0 Å². The number of nitrogens with one attached hydrogen (secondary N) is 1. The van der Waals surface area contributed by atoms with Crippen molar-refractivity contribution in [3.8, 4) is 5.75 Å². The number of thiophene rings is 1. The van der Waals surface area contributed by atoms with Crippen molar-refractivity contribution in [3.05, 3.63) is 46.7 Å². The minimum atomic E-state index is -0.144. The maximum atomic E-state index is 12.4. The number of carbonyl (C=O) groups is 2. The second-order valence-corrected chi connectivity index (χ2v) is 7.31. The summed E-state index contributed by atoms with van der Waals surface area (Å²) in [5.74, 6) is 0.855. The lowest BCUT2D eigenvalue weighted by atomic mass is 10.3. The van der Waals surface area contributed by atoms with E-state index in [4.69, 9.17) is 4.74 Å². The molecule has 1 aromatic carbocycles. The van der Waals surface area contributed by atoms with Crippen LogP contribution in [0.5, 0.6) is 5.75 Å². The zero-order chi connectivity index (χ0) is 18.1. The van der Waals surface area contributed by atoms with Gasteiger partial charge in [-0.15, -0.1) is 23.1 Å². The van der Waals surface area contributed by atoms with Gasteiger partial charge in [-0.25, -0.2) is 0 Å². The maximum Gasteiger partial charge on any atom is 0.239 e. The van der Waals surface area contributed by atoms with Crippen molar-refractivity contribution >= 4 is 34.9 Å². The van der Waals surface area contributed by atoms with Crippen molar-refractivity contribution in [1.29, 1.82) is 0 Å². The Morgan fingerprint density at radius 2 is 2.12 bits per heavy atom. The average Bonchev–Trinajstić information content (AvgIpc) is 3.16. The molecule has 0 radical (unpaired) electrons. The van der Waals surface area contributed by atoms with E-state index in [9.17, 15) is 9.59 Å². The van der Waals surface area contributed by atoms with Crippen LogP contribution in [0.3, 0.4) is 0 Å². The van der Waals surface area contributed by atoms with Crippen molar-refractivity contribution < 1.29 is 14.3 Å². The lowest BCUT2D eigenvalue weighted by molar-refractivity contribution is -0.133. The first-order valence-electron chi connectivity index (χ1n) is 7.96. The molecule has 0 aliphatic heterocycles. The molecule has 0 aliphatic rings. The van der Waals surface area contributed by atoms with Crippen LogP contribution in [-0.4, -0.2) is 42.7 Å². The fraction of sp³-hybridized carbons (Fsp3) is 0.333. The van der Waals surface area contributed by atoms with Gasteiger partial charge in [0.2, 0.25) is 11.8 Å². The molecule has 2 rings (SSSR count). The van der Waals surface area contributed by atoms with Gasteiger partial charge in [0.25, 0.3) is 0 Å². The van der Waals surface area contributed by atoms with Gasteiger partial charge in [0.1, 0.15) is 5.75 Å². The highest BCUT2D eigenvalue weighted by Crippen LogP contribution is 2.23.